The summed E-state index contributed by atoms with van der Waals surface area (Å²) in [5.74, 6) is -0.720. The van der Waals surface area contributed by atoms with Crippen molar-refractivity contribution in [2.24, 2.45) is 0 Å². The lowest BCUT2D eigenvalue weighted by atomic mass is 9.99. The van der Waals surface area contributed by atoms with Crippen LogP contribution in [0, 0.1) is 0 Å². The molecule has 7 N–H and O–H groups in total. The number of amides is 1. The van der Waals surface area contributed by atoms with Gasteiger partial charge in [-0.05, 0) is 70.6 Å². The van der Waals surface area contributed by atoms with E-state index in [4.69, 9.17) is 9.47 Å². The number of unbranched alkanes of at least 4 members (excludes halogenated alkanes) is 27. The van der Waals surface area contributed by atoms with Gasteiger partial charge < -0.3 is 40.3 Å². The fourth-order valence-corrected chi connectivity index (χ4v) is 8.88. The van der Waals surface area contributed by atoms with Crippen molar-refractivity contribution in [3.05, 3.63) is 48.6 Å². The van der Waals surface area contributed by atoms with E-state index in [1.165, 1.54) is 128 Å². The van der Waals surface area contributed by atoms with Gasteiger partial charge in [0.1, 0.15) is 30.5 Å². The smallest absolute Gasteiger partial charge is 0.394 e. The zero-order chi connectivity index (χ0) is 49.9. The van der Waals surface area contributed by atoms with Crippen molar-refractivity contribution >= 4 is 16.3 Å². The number of carbonyl (C=O) groups excluding carboxylic acids is 1. The van der Waals surface area contributed by atoms with Crippen molar-refractivity contribution in [2.45, 2.75) is 275 Å². The molecule has 0 aromatic rings. The van der Waals surface area contributed by atoms with Gasteiger partial charge in [0.05, 0.1) is 25.4 Å². The maximum absolute atomic E-state index is 13.2. The molecule has 8 atom stereocenters. The number of hydrogen-bond acceptors (Lipinski definition) is 11. The SMILES string of the molecule is CCCCCCCCC/C=C/CC/C=C/CC/C=C/C(O)C(COC1OC(CO)C(O)C(OS(=O)(=O)O)C1O)NC(=O)C(O)CCCCCCCC/C=C\CCCCCCCCCCCCCC. The van der Waals surface area contributed by atoms with Crippen LogP contribution in [0.25, 0.3) is 0 Å². The van der Waals surface area contributed by atoms with E-state index in [1.807, 2.05) is 0 Å². The van der Waals surface area contributed by atoms with Crippen molar-refractivity contribution in [3.63, 3.8) is 0 Å². The highest BCUT2D eigenvalue weighted by Crippen LogP contribution is 2.26. The monoisotopic (exact) mass is 986 g/mol. The second-order valence-electron chi connectivity index (χ2n) is 18.9. The van der Waals surface area contributed by atoms with E-state index in [-0.39, 0.29) is 6.42 Å². The van der Waals surface area contributed by atoms with E-state index in [1.54, 1.807) is 6.08 Å². The van der Waals surface area contributed by atoms with Gasteiger partial charge in [0, 0.05) is 0 Å². The van der Waals surface area contributed by atoms with Crippen molar-refractivity contribution in [2.75, 3.05) is 13.2 Å². The molecule has 1 saturated heterocycles. The highest BCUT2D eigenvalue weighted by atomic mass is 32.3. The molecule has 0 spiro atoms. The summed E-state index contributed by atoms with van der Waals surface area (Å²) in [5.41, 5.74) is 0. The van der Waals surface area contributed by atoms with Crippen LogP contribution in [0.2, 0.25) is 0 Å². The second-order valence-corrected chi connectivity index (χ2v) is 20.0. The Hall–Kier alpha value is -1.98. The van der Waals surface area contributed by atoms with Crippen LogP contribution in [0.5, 0.6) is 0 Å². The number of aliphatic hydroxyl groups is 5. The number of hydrogen-bond donors (Lipinski definition) is 7. The lowest BCUT2D eigenvalue weighted by Gasteiger charge is -2.41. The highest BCUT2D eigenvalue weighted by molar-refractivity contribution is 7.80. The molecule has 0 saturated carbocycles. The summed E-state index contributed by atoms with van der Waals surface area (Å²) in [6.45, 7) is 3.21. The predicted molar refractivity (Wildman–Crippen MR) is 274 cm³/mol. The van der Waals surface area contributed by atoms with Crippen LogP contribution in [-0.4, -0.2) is 107 Å². The van der Waals surface area contributed by atoms with E-state index in [9.17, 15) is 43.3 Å². The van der Waals surface area contributed by atoms with Gasteiger partial charge in [-0.1, -0.05) is 204 Å². The molecule has 398 valence electrons. The van der Waals surface area contributed by atoms with Gasteiger partial charge in [-0.2, -0.15) is 8.42 Å². The van der Waals surface area contributed by atoms with Crippen LogP contribution in [0.3, 0.4) is 0 Å². The zero-order valence-corrected chi connectivity index (χ0v) is 43.3. The molecule has 68 heavy (non-hydrogen) atoms. The Morgan fingerprint density at radius 3 is 1.41 bits per heavy atom. The largest absolute Gasteiger partial charge is 0.397 e. The fraction of sp³-hybridized carbons (Fsp3) is 0.833. The summed E-state index contributed by atoms with van der Waals surface area (Å²) < 4.78 is 47.6. The number of aliphatic hydroxyl groups excluding tert-OH is 5. The van der Waals surface area contributed by atoms with Gasteiger partial charge in [-0.25, -0.2) is 4.18 Å². The first-order valence-electron chi connectivity index (χ1n) is 27.1. The molecule has 1 fully saturated rings. The normalized spacial score (nSPS) is 20.6. The minimum atomic E-state index is -5.13. The quantitative estimate of drug-likeness (QED) is 0.0172. The molecule has 0 aliphatic carbocycles. The Morgan fingerprint density at radius 1 is 0.588 bits per heavy atom. The fourth-order valence-electron chi connectivity index (χ4n) is 8.37. The van der Waals surface area contributed by atoms with Crippen LogP contribution in [-0.2, 0) is 28.9 Å². The molecule has 0 aromatic heterocycles. The number of carbonyl (C=O) groups is 1. The van der Waals surface area contributed by atoms with Crippen molar-refractivity contribution < 1.29 is 57.0 Å². The van der Waals surface area contributed by atoms with Gasteiger partial charge in [0.15, 0.2) is 6.29 Å². The lowest BCUT2D eigenvalue weighted by molar-refractivity contribution is -0.298. The molecule has 13 nitrogen and oxygen atoms in total. The average molecular weight is 986 g/mol. The van der Waals surface area contributed by atoms with Gasteiger partial charge >= 0.3 is 10.4 Å². The third kappa shape index (κ3) is 35.2. The Labute approximate surface area is 413 Å². The van der Waals surface area contributed by atoms with Gasteiger partial charge in [0.25, 0.3) is 0 Å². The molecule has 1 heterocycles. The summed E-state index contributed by atoms with van der Waals surface area (Å²) in [4.78, 5) is 13.2. The third-order valence-electron chi connectivity index (χ3n) is 12.7. The standard InChI is InChI=1S/C54H99NO12S/c1-3-5-7-9-11-13-15-17-19-21-22-23-24-25-27-29-31-33-35-37-39-41-43-48(58)53(61)55-46(45-65-54-51(60)52(67-68(62,63)64)50(59)49(44-56)66-54)47(57)42-40-38-36-34-32-30-28-26-20-18-16-14-12-10-8-6-4-2/h20,25-27,32,34,40,42,46-52,54,56-60H,3-19,21-24,28-31,33,35-39,41,43-45H2,1-2H3,(H,55,61)(H,62,63,64)/b26-20+,27-25-,34-32+,42-40+. The Balaban J connectivity index is 2.50. The summed E-state index contributed by atoms with van der Waals surface area (Å²) in [6, 6.07) is -1.15. The van der Waals surface area contributed by atoms with E-state index in [2.05, 4.69) is 59.8 Å². The minimum absolute atomic E-state index is 0.226. The number of nitrogens with one attached hydrogen (secondary N) is 1. The van der Waals surface area contributed by atoms with Crippen LogP contribution in [0.15, 0.2) is 48.6 Å². The van der Waals surface area contributed by atoms with Crippen LogP contribution >= 0.6 is 0 Å². The molecular formula is C54H99NO12S. The molecule has 1 aliphatic rings. The van der Waals surface area contributed by atoms with Crippen LogP contribution in [0.1, 0.15) is 226 Å². The summed E-state index contributed by atoms with van der Waals surface area (Å²) in [7, 11) is -5.13. The van der Waals surface area contributed by atoms with Crippen molar-refractivity contribution in [3.8, 4) is 0 Å². The highest BCUT2D eigenvalue weighted by Gasteiger charge is 2.48. The Bertz CT molecular complexity index is 1410. The molecular weight excluding hydrogens is 887 g/mol. The number of rotatable bonds is 46. The lowest BCUT2D eigenvalue weighted by Crippen LogP contribution is -2.61. The van der Waals surface area contributed by atoms with E-state index < -0.39 is 78.5 Å². The van der Waals surface area contributed by atoms with Crippen molar-refractivity contribution in [1.29, 1.82) is 0 Å². The van der Waals surface area contributed by atoms with Crippen LogP contribution in [0.4, 0.5) is 0 Å². The number of ether oxygens (including phenoxy) is 2. The topological polar surface area (TPSA) is 212 Å². The Kier molecular flexibility index (Phi) is 41.2. The van der Waals surface area contributed by atoms with Gasteiger partial charge in [0.2, 0.25) is 5.91 Å². The first kappa shape index (κ1) is 64.0. The molecule has 0 radical (unpaired) electrons. The summed E-state index contributed by atoms with van der Waals surface area (Å²) in [6.07, 6.45) is 43.3. The zero-order valence-electron chi connectivity index (χ0n) is 42.5. The first-order valence-corrected chi connectivity index (χ1v) is 28.5. The van der Waals surface area contributed by atoms with Crippen molar-refractivity contribution in [1.82, 2.24) is 5.32 Å². The van der Waals surface area contributed by atoms with E-state index >= 15 is 0 Å². The van der Waals surface area contributed by atoms with Gasteiger partial charge in [-0.15, -0.1) is 0 Å². The number of allylic oxidation sites excluding steroid dienone is 7. The van der Waals surface area contributed by atoms with Gasteiger partial charge in [-0.3, -0.25) is 9.35 Å². The molecule has 1 amide bonds. The summed E-state index contributed by atoms with van der Waals surface area (Å²) >= 11 is 0. The molecule has 0 bridgehead atoms. The second kappa shape index (κ2) is 43.8. The molecule has 1 aliphatic heterocycles. The molecule has 0 aromatic carbocycles. The predicted octanol–water partition coefficient (Wildman–Crippen LogP) is 11.0. The van der Waals surface area contributed by atoms with Crippen LogP contribution < -0.4 is 5.32 Å². The molecule has 1 rings (SSSR count). The third-order valence-corrected chi connectivity index (χ3v) is 13.1. The summed E-state index contributed by atoms with van der Waals surface area (Å²) in [5, 5.41) is 55.4. The molecule has 8 unspecified atom stereocenters. The minimum Gasteiger partial charge on any atom is -0.394 e. The first-order chi connectivity index (χ1) is 32.9. The average Bonchev–Trinajstić information content (AvgIpc) is 3.31. The van der Waals surface area contributed by atoms with E-state index in [0.717, 1.165) is 70.6 Å². The van der Waals surface area contributed by atoms with E-state index in [0.29, 0.717) is 12.8 Å². The maximum atomic E-state index is 13.2. The maximum Gasteiger partial charge on any atom is 0.397 e. The molecule has 14 heteroatoms. The Morgan fingerprint density at radius 2 is 0.985 bits per heavy atom.